The molecule has 1 aromatic rings. The number of aliphatic imine (C=N–C) groups is 1. The smallest absolute Gasteiger partial charge is 0.221 e. The molecule has 138 valence electrons. The van der Waals surface area contributed by atoms with Gasteiger partial charge in [0.15, 0.2) is 5.96 Å². The summed E-state index contributed by atoms with van der Waals surface area (Å²) in [6.07, 6.45) is 1.96. The molecule has 1 saturated heterocycles. The molecule has 2 aliphatic heterocycles. The fraction of sp³-hybridized carbons (Fsp3) is 0.556. The number of rotatable bonds is 5. The van der Waals surface area contributed by atoms with Crippen LogP contribution in [0.1, 0.15) is 24.0 Å². The molecular weight excluding hydrogens is 429 g/mol. The fourth-order valence-corrected chi connectivity index (χ4v) is 3.43. The van der Waals surface area contributed by atoms with Crippen LogP contribution < -0.4 is 11.1 Å². The molecule has 1 amide bonds. The van der Waals surface area contributed by atoms with E-state index in [1.165, 1.54) is 11.1 Å². The van der Waals surface area contributed by atoms with Crippen molar-refractivity contribution in [2.45, 2.75) is 25.9 Å². The third-order valence-electron chi connectivity index (χ3n) is 4.81. The zero-order valence-corrected chi connectivity index (χ0v) is 17.1. The maximum Gasteiger partial charge on any atom is 0.221 e. The van der Waals surface area contributed by atoms with Crippen molar-refractivity contribution in [3.8, 4) is 0 Å². The average molecular weight is 457 g/mol. The lowest BCUT2D eigenvalue weighted by atomic mass is 9.97. The Balaban J connectivity index is 0.00000225. The number of likely N-dealkylation sites (N-methyl/N-ethyl adjacent to an activating group) is 1. The Labute approximate surface area is 166 Å². The molecule has 0 radical (unpaired) electrons. The highest BCUT2D eigenvalue weighted by Gasteiger charge is 2.23. The lowest BCUT2D eigenvalue weighted by Gasteiger charge is -2.31. The minimum atomic E-state index is -0.167. The standard InChI is InChI=1S/C18H27N5O.HI/c1-22-9-7-20-18(22)21-11-14-4-2-5-15(10-14)12-23-8-3-6-16(13-23)17(19)24;/h2,4-5,10,16H,3,6-9,11-13H2,1H3,(H2,19,24)(H,20,21);1H. The van der Waals surface area contributed by atoms with Gasteiger partial charge in [-0.1, -0.05) is 24.3 Å². The van der Waals surface area contributed by atoms with Crippen LogP contribution in [0.4, 0.5) is 0 Å². The van der Waals surface area contributed by atoms with Gasteiger partial charge < -0.3 is 16.0 Å². The lowest BCUT2D eigenvalue weighted by molar-refractivity contribution is -0.123. The number of benzene rings is 1. The van der Waals surface area contributed by atoms with Crippen molar-refractivity contribution in [1.82, 2.24) is 15.1 Å². The van der Waals surface area contributed by atoms with E-state index in [1.807, 2.05) is 0 Å². The summed E-state index contributed by atoms with van der Waals surface area (Å²) in [6.45, 7) is 5.32. The van der Waals surface area contributed by atoms with Crippen LogP contribution in [0, 0.1) is 5.92 Å². The van der Waals surface area contributed by atoms with Crippen molar-refractivity contribution in [2.75, 3.05) is 33.2 Å². The molecule has 1 fully saturated rings. The Kier molecular flexibility index (Phi) is 7.49. The number of likely N-dealkylation sites (tertiary alicyclic amines) is 1. The summed E-state index contributed by atoms with van der Waals surface area (Å²) in [7, 11) is 2.06. The van der Waals surface area contributed by atoms with E-state index in [9.17, 15) is 4.79 Å². The molecule has 0 aliphatic carbocycles. The Hall–Kier alpha value is -1.35. The van der Waals surface area contributed by atoms with Gasteiger partial charge in [-0.2, -0.15) is 0 Å². The Morgan fingerprint density at radius 1 is 1.36 bits per heavy atom. The van der Waals surface area contributed by atoms with Gasteiger partial charge in [-0.3, -0.25) is 14.7 Å². The molecule has 2 heterocycles. The maximum atomic E-state index is 11.4. The summed E-state index contributed by atoms with van der Waals surface area (Å²) in [4.78, 5) is 20.3. The van der Waals surface area contributed by atoms with Gasteiger partial charge in [0.25, 0.3) is 0 Å². The van der Waals surface area contributed by atoms with Gasteiger partial charge in [0.05, 0.1) is 12.5 Å². The predicted octanol–water partition coefficient (Wildman–Crippen LogP) is 1.39. The summed E-state index contributed by atoms with van der Waals surface area (Å²) in [5.41, 5.74) is 8.00. The number of piperidine rings is 1. The Bertz CT molecular complexity index is 621. The van der Waals surface area contributed by atoms with E-state index in [-0.39, 0.29) is 35.8 Å². The minimum Gasteiger partial charge on any atom is -0.369 e. The summed E-state index contributed by atoms with van der Waals surface area (Å²) in [5.74, 6) is 0.805. The molecule has 0 saturated carbocycles. The summed E-state index contributed by atoms with van der Waals surface area (Å²) >= 11 is 0. The maximum absolute atomic E-state index is 11.4. The molecule has 6 nitrogen and oxygen atoms in total. The molecule has 1 atom stereocenters. The highest BCUT2D eigenvalue weighted by atomic mass is 127. The Morgan fingerprint density at radius 2 is 2.16 bits per heavy atom. The predicted molar refractivity (Wildman–Crippen MR) is 111 cm³/mol. The second kappa shape index (κ2) is 9.38. The van der Waals surface area contributed by atoms with Gasteiger partial charge in [-0.05, 0) is 30.5 Å². The SMILES string of the molecule is CN1CCN=C1NCc1cccc(CN2CCCC(C(N)=O)C2)c1.I. The van der Waals surface area contributed by atoms with Crippen LogP contribution in [0.25, 0.3) is 0 Å². The van der Waals surface area contributed by atoms with Crippen LogP contribution in [0.2, 0.25) is 0 Å². The van der Waals surface area contributed by atoms with Crippen molar-refractivity contribution in [3.05, 3.63) is 35.4 Å². The second-order valence-corrected chi connectivity index (χ2v) is 6.78. The van der Waals surface area contributed by atoms with Crippen LogP contribution in [-0.2, 0) is 17.9 Å². The topological polar surface area (TPSA) is 74.0 Å². The zero-order valence-electron chi connectivity index (χ0n) is 14.8. The third kappa shape index (κ3) is 5.57. The van der Waals surface area contributed by atoms with Gasteiger partial charge in [0.1, 0.15) is 0 Å². The van der Waals surface area contributed by atoms with Crippen molar-refractivity contribution in [1.29, 1.82) is 0 Å². The number of amides is 1. The normalized spacial score (nSPS) is 20.8. The molecule has 2 aliphatic rings. The number of halogens is 1. The fourth-order valence-electron chi connectivity index (χ4n) is 3.43. The van der Waals surface area contributed by atoms with Gasteiger partial charge in [-0.25, -0.2) is 0 Å². The second-order valence-electron chi connectivity index (χ2n) is 6.78. The van der Waals surface area contributed by atoms with Gasteiger partial charge in [0, 0.05) is 33.2 Å². The average Bonchev–Trinajstić information content (AvgIpc) is 2.99. The van der Waals surface area contributed by atoms with E-state index >= 15 is 0 Å². The number of nitrogens with zero attached hydrogens (tertiary/aromatic N) is 3. The van der Waals surface area contributed by atoms with Crippen LogP contribution >= 0.6 is 24.0 Å². The summed E-state index contributed by atoms with van der Waals surface area (Å²) < 4.78 is 0. The van der Waals surface area contributed by atoms with Gasteiger partial charge in [0.2, 0.25) is 5.91 Å². The molecule has 1 aromatic carbocycles. The van der Waals surface area contributed by atoms with Crippen LogP contribution in [0.15, 0.2) is 29.3 Å². The van der Waals surface area contributed by atoms with Gasteiger partial charge >= 0.3 is 0 Å². The number of carbonyl (C=O) groups excluding carboxylic acids is 1. The van der Waals surface area contributed by atoms with Crippen molar-refractivity contribution in [2.24, 2.45) is 16.6 Å². The van der Waals surface area contributed by atoms with E-state index in [2.05, 4.69) is 51.4 Å². The number of hydrogen-bond acceptors (Lipinski definition) is 5. The first-order valence-electron chi connectivity index (χ1n) is 8.71. The highest BCUT2D eigenvalue weighted by Crippen LogP contribution is 2.18. The number of primary amides is 1. The third-order valence-corrected chi connectivity index (χ3v) is 4.81. The van der Waals surface area contributed by atoms with E-state index in [1.54, 1.807) is 0 Å². The molecule has 0 spiro atoms. The summed E-state index contributed by atoms with van der Waals surface area (Å²) in [5, 5.41) is 3.40. The number of guanidine groups is 1. The number of nitrogens with two attached hydrogens (primary N) is 1. The number of hydrogen-bond donors (Lipinski definition) is 2. The van der Waals surface area contributed by atoms with Crippen LogP contribution in [-0.4, -0.2) is 54.9 Å². The van der Waals surface area contributed by atoms with Crippen molar-refractivity contribution >= 4 is 35.8 Å². The quantitative estimate of drug-likeness (QED) is 0.656. The molecular formula is C18H28IN5O. The number of carbonyl (C=O) groups is 1. The van der Waals surface area contributed by atoms with E-state index in [0.29, 0.717) is 0 Å². The van der Waals surface area contributed by atoms with E-state index in [4.69, 9.17) is 5.73 Å². The molecule has 3 rings (SSSR count). The number of nitrogens with one attached hydrogen (secondary N) is 1. The Morgan fingerprint density at radius 3 is 2.88 bits per heavy atom. The minimum absolute atomic E-state index is 0. The largest absolute Gasteiger partial charge is 0.369 e. The first-order valence-corrected chi connectivity index (χ1v) is 8.71. The van der Waals surface area contributed by atoms with Gasteiger partial charge in [-0.15, -0.1) is 24.0 Å². The monoisotopic (exact) mass is 457 g/mol. The first-order chi connectivity index (χ1) is 11.6. The van der Waals surface area contributed by atoms with E-state index < -0.39 is 0 Å². The molecule has 1 unspecified atom stereocenters. The highest BCUT2D eigenvalue weighted by molar-refractivity contribution is 14.0. The lowest BCUT2D eigenvalue weighted by Crippen LogP contribution is -2.40. The summed E-state index contributed by atoms with van der Waals surface area (Å²) in [6, 6.07) is 8.61. The molecule has 3 N–H and O–H groups in total. The van der Waals surface area contributed by atoms with Crippen LogP contribution in [0.3, 0.4) is 0 Å². The van der Waals surface area contributed by atoms with Crippen molar-refractivity contribution < 1.29 is 4.79 Å². The molecule has 0 aromatic heterocycles. The zero-order chi connectivity index (χ0) is 16.9. The van der Waals surface area contributed by atoms with E-state index in [0.717, 1.165) is 58.1 Å². The van der Waals surface area contributed by atoms with Crippen LogP contribution in [0.5, 0.6) is 0 Å². The molecule has 25 heavy (non-hydrogen) atoms. The first kappa shape index (κ1) is 20.0. The molecule has 7 heteroatoms. The van der Waals surface area contributed by atoms with Crippen molar-refractivity contribution in [3.63, 3.8) is 0 Å². The molecule has 0 bridgehead atoms.